The average molecular weight is 291 g/mol. The zero-order chi connectivity index (χ0) is 15.4. The Morgan fingerprint density at radius 1 is 1.05 bits per heavy atom. The number of methoxy groups -OCH3 is 2. The first-order valence-electron chi connectivity index (χ1n) is 7.08. The standard InChI is InChI=1S/C16H21NO4/c1-11(18)12-4-6-17(7-5-12)16(19)13-8-14(20-2)10-15(9-13)21-3/h8-10,12H,4-7H2,1-3H3. The largest absolute Gasteiger partial charge is 0.497 e. The summed E-state index contributed by atoms with van der Waals surface area (Å²) in [5, 5.41) is 0. The van der Waals surface area contributed by atoms with Crippen LogP contribution in [-0.4, -0.2) is 43.9 Å². The first-order chi connectivity index (χ1) is 10.0. The van der Waals surface area contributed by atoms with Gasteiger partial charge < -0.3 is 14.4 Å². The van der Waals surface area contributed by atoms with Crippen molar-refractivity contribution in [3.63, 3.8) is 0 Å². The predicted molar refractivity (Wildman–Crippen MR) is 78.9 cm³/mol. The van der Waals surface area contributed by atoms with Crippen LogP contribution in [0.25, 0.3) is 0 Å². The third kappa shape index (κ3) is 3.54. The molecule has 1 heterocycles. The number of amides is 1. The third-order valence-corrected chi connectivity index (χ3v) is 3.96. The smallest absolute Gasteiger partial charge is 0.254 e. The van der Waals surface area contributed by atoms with Crippen LogP contribution in [0.3, 0.4) is 0 Å². The van der Waals surface area contributed by atoms with Crippen LogP contribution in [0.4, 0.5) is 0 Å². The van der Waals surface area contributed by atoms with Gasteiger partial charge in [0.15, 0.2) is 0 Å². The molecule has 1 aromatic rings. The Morgan fingerprint density at radius 3 is 2.00 bits per heavy atom. The molecule has 0 unspecified atom stereocenters. The number of nitrogens with zero attached hydrogens (tertiary/aromatic N) is 1. The molecule has 0 spiro atoms. The summed E-state index contributed by atoms with van der Waals surface area (Å²) in [6.45, 7) is 2.85. The van der Waals surface area contributed by atoms with E-state index in [-0.39, 0.29) is 17.6 Å². The first kappa shape index (κ1) is 15.4. The zero-order valence-corrected chi connectivity index (χ0v) is 12.7. The molecule has 114 valence electrons. The highest BCUT2D eigenvalue weighted by molar-refractivity contribution is 5.95. The monoisotopic (exact) mass is 291 g/mol. The van der Waals surface area contributed by atoms with Gasteiger partial charge in [-0.1, -0.05) is 0 Å². The van der Waals surface area contributed by atoms with E-state index in [1.165, 1.54) is 0 Å². The molecule has 1 aliphatic heterocycles. The summed E-state index contributed by atoms with van der Waals surface area (Å²) < 4.78 is 10.4. The summed E-state index contributed by atoms with van der Waals surface area (Å²) in [5.74, 6) is 1.45. The first-order valence-corrected chi connectivity index (χ1v) is 7.08. The van der Waals surface area contributed by atoms with Crippen molar-refractivity contribution < 1.29 is 19.1 Å². The number of likely N-dealkylation sites (tertiary alicyclic amines) is 1. The molecule has 1 aromatic carbocycles. The Kier molecular flexibility index (Phi) is 4.83. The van der Waals surface area contributed by atoms with Crippen LogP contribution in [0.2, 0.25) is 0 Å². The van der Waals surface area contributed by atoms with Gasteiger partial charge in [-0.05, 0) is 31.9 Å². The van der Waals surface area contributed by atoms with Gasteiger partial charge in [-0.15, -0.1) is 0 Å². The van der Waals surface area contributed by atoms with Gasteiger partial charge in [0.05, 0.1) is 14.2 Å². The number of Topliss-reactive ketones (excluding diaryl/α,β-unsaturated/α-hetero) is 1. The number of ketones is 1. The molecule has 5 heteroatoms. The van der Waals surface area contributed by atoms with E-state index in [1.807, 2.05) is 0 Å². The highest BCUT2D eigenvalue weighted by Crippen LogP contribution is 2.25. The maximum absolute atomic E-state index is 12.5. The van der Waals surface area contributed by atoms with Crippen molar-refractivity contribution in [1.29, 1.82) is 0 Å². The lowest BCUT2D eigenvalue weighted by atomic mass is 9.93. The second-order valence-electron chi connectivity index (χ2n) is 5.28. The number of benzene rings is 1. The fourth-order valence-corrected chi connectivity index (χ4v) is 2.60. The van der Waals surface area contributed by atoms with Gasteiger partial charge >= 0.3 is 0 Å². The van der Waals surface area contributed by atoms with Crippen molar-refractivity contribution in [2.24, 2.45) is 5.92 Å². The molecule has 1 fully saturated rings. The summed E-state index contributed by atoms with van der Waals surface area (Å²) in [7, 11) is 3.11. The lowest BCUT2D eigenvalue weighted by Crippen LogP contribution is -2.39. The van der Waals surface area contributed by atoms with Gasteiger partial charge in [-0.2, -0.15) is 0 Å². The van der Waals surface area contributed by atoms with Crippen molar-refractivity contribution in [1.82, 2.24) is 4.90 Å². The van der Waals surface area contributed by atoms with Crippen LogP contribution in [0.1, 0.15) is 30.1 Å². The van der Waals surface area contributed by atoms with Gasteiger partial charge in [0.25, 0.3) is 5.91 Å². The quantitative estimate of drug-likeness (QED) is 0.853. The van der Waals surface area contributed by atoms with Crippen molar-refractivity contribution in [3.05, 3.63) is 23.8 Å². The summed E-state index contributed by atoms with van der Waals surface area (Å²) in [6.07, 6.45) is 1.48. The van der Waals surface area contributed by atoms with Crippen LogP contribution >= 0.6 is 0 Å². The third-order valence-electron chi connectivity index (χ3n) is 3.96. The fourth-order valence-electron chi connectivity index (χ4n) is 2.60. The maximum Gasteiger partial charge on any atom is 0.254 e. The molecule has 0 aromatic heterocycles. The molecule has 0 bridgehead atoms. The lowest BCUT2D eigenvalue weighted by molar-refractivity contribution is -0.121. The molecule has 0 radical (unpaired) electrons. The zero-order valence-electron chi connectivity index (χ0n) is 12.7. The molecular weight excluding hydrogens is 270 g/mol. The molecule has 2 rings (SSSR count). The topological polar surface area (TPSA) is 55.8 Å². The number of carbonyl (C=O) groups is 2. The molecule has 5 nitrogen and oxygen atoms in total. The number of ether oxygens (including phenoxy) is 2. The second kappa shape index (κ2) is 6.61. The molecule has 0 atom stereocenters. The highest BCUT2D eigenvalue weighted by atomic mass is 16.5. The Hall–Kier alpha value is -2.04. The summed E-state index contributed by atoms with van der Waals surface area (Å²) in [4.78, 5) is 25.7. The minimum Gasteiger partial charge on any atom is -0.497 e. The van der Waals surface area contributed by atoms with Gasteiger partial charge in [0.1, 0.15) is 17.3 Å². The molecular formula is C16H21NO4. The predicted octanol–water partition coefficient (Wildman–Crippen LogP) is 2.15. The number of carbonyl (C=O) groups excluding carboxylic acids is 2. The molecule has 0 saturated carbocycles. The fraction of sp³-hybridized carbons (Fsp3) is 0.500. The van der Waals surface area contributed by atoms with E-state index in [0.717, 1.165) is 12.8 Å². The average Bonchev–Trinajstić information content (AvgIpc) is 2.53. The van der Waals surface area contributed by atoms with E-state index >= 15 is 0 Å². The Balaban J connectivity index is 2.12. The van der Waals surface area contributed by atoms with Crippen LogP contribution in [0, 0.1) is 5.92 Å². The normalized spacial score (nSPS) is 15.7. The van der Waals surface area contributed by atoms with Gasteiger partial charge in [0.2, 0.25) is 0 Å². The van der Waals surface area contributed by atoms with E-state index in [4.69, 9.17) is 9.47 Å². The Morgan fingerprint density at radius 2 is 1.57 bits per heavy atom. The van der Waals surface area contributed by atoms with Gasteiger partial charge in [0, 0.05) is 30.6 Å². The molecule has 0 N–H and O–H groups in total. The molecule has 21 heavy (non-hydrogen) atoms. The summed E-state index contributed by atoms with van der Waals surface area (Å²) >= 11 is 0. The molecule has 1 aliphatic rings. The lowest BCUT2D eigenvalue weighted by Gasteiger charge is -2.31. The summed E-state index contributed by atoms with van der Waals surface area (Å²) in [5.41, 5.74) is 0.549. The highest BCUT2D eigenvalue weighted by Gasteiger charge is 2.26. The van der Waals surface area contributed by atoms with Crippen molar-refractivity contribution in [3.8, 4) is 11.5 Å². The van der Waals surface area contributed by atoms with Crippen LogP contribution < -0.4 is 9.47 Å². The van der Waals surface area contributed by atoms with Crippen molar-refractivity contribution in [2.75, 3.05) is 27.3 Å². The Labute approximate surface area is 124 Å². The number of piperidine rings is 1. The van der Waals surface area contributed by atoms with Crippen LogP contribution in [0.5, 0.6) is 11.5 Å². The van der Waals surface area contributed by atoms with Gasteiger partial charge in [-0.25, -0.2) is 0 Å². The van der Waals surface area contributed by atoms with Gasteiger partial charge in [-0.3, -0.25) is 9.59 Å². The minimum absolute atomic E-state index is 0.0470. The second-order valence-corrected chi connectivity index (χ2v) is 5.28. The van der Waals surface area contributed by atoms with E-state index in [2.05, 4.69) is 0 Å². The Bertz CT molecular complexity index is 511. The van der Waals surface area contributed by atoms with E-state index < -0.39 is 0 Å². The maximum atomic E-state index is 12.5. The number of hydrogen-bond acceptors (Lipinski definition) is 4. The van der Waals surface area contributed by atoms with Crippen LogP contribution in [0.15, 0.2) is 18.2 Å². The van der Waals surface area contributed by atoms with Crippen molar-refractivity contribution >= 4 is 11.7 Å². The minimum atomic E-state index is -0.0470. The van der Waals surface area contributed by atoms with Crippen LogP contribution in [-0.2, 0) is 4.79 Å². The summed E-state index contributed by atoms with van der Waals surface area (Å²) in [6, 6.07) is 5.16. The van der Waals surface area contributed by atoms with E-state index in [9.17, 15) is 9.59 Å². The van der Waals surface area contributed by atoms with Crippen molar-refractivity contribution in [2.45, 2.75) is 19.8 Å². The van der Waals surface area contributed by atoms with E-state index in [0.29, 0.717) is 30.2 Å². The SMILES string of the molecule is COc1cc(OC)cc(C(=O)N2CCC(C(C)=O)CC2)c1. The molecule has 0 aliphatic carbocycles. The van der Waals surface area contributed by atoms with E-state index in [1.54, 1.807) is 44.2 Å². The number of rotatable bonds is 4. The number of hydrogen-bond donors (Lipinski definition) is 0. The molecule has 1 saturated heterocycles. The molecule has 1 amide bonds.